The van der Waals surface area contributed by atoms with Crippen LogP contribution >= 0.6 is 11.8 Å². The Labute approximate surface area is 180 Å². The van der Waals surface area contributed by atoms with Gasteiger partial charge in [-0.3, -0.25) is 14.5 Å². The van der Waals surface area contributed by atoms with E-state index in [9.17, 15) is 9.59 Å². The van der Waals surface area contributed by atoms with Crippen LogP contribution < -0.4 is 15.0 Å². The molecule has 5 nitrogen and oxygen atoms in total. The Morgan fingerprint density at radius 3 is 2.40 bits per heavy atom. The van der Waals surface area contributed by atoms with Crippen LogP contribution in [0.1, 0.15) is 26.9 Å². The highest BCUT2D eigenvalue weighted by Gasteiger charge is 2.34. The van der Waals surface area contributed by atoms with E-state index in [2.05, 4.69) is 5.32 Å². The van der Waals surface area contributed by atoms with E-state index in [0.717, 1.165) is 28.3 Å². The molecule has 1 N–H and O–H groups in total. The fourth-order valence-electron chi connectivity index (χ4n) is 3.45. The zero-order valence-corrected chi connectivity index (χ0v) is 17.6. The summed E-state index contributed by atoms with van der Waals surface area (Å²) in [5, 5.41) is 2.84. The lowest BCUT2D eigenvalue weighted by molar-refractivity contribution is -0.115. The number of hydrogen-bond acceptors (Lipinski definition) is 4. The van der Waals surface area contributed by atoms with Crippen molar-refractivity contribution in [2.75, 3.05) is 23.1 Å². The Kier molecular flexibility index (Phi) is 5.77. The monoisotopic (exact) mass is 418 g/mol. The summed E-state index contributed by atoms with van der Waals surface area (Å²) >= 11 is 1.59. The van der Waals surface area contributed by atoms with E-state index in [1.165, 1.54) is 0 Å². The first-order valence-electron chi connectivity index (χ1n) is 9.61. The summed E-state index contributed by atoms with van der Waals surface area (Å²) in [6.07, 6.45) is 0. The summed E-state index contributed by atoms with van der Waals surface area (Å²) in [4.78, 5) is 26.9. The first kappa shape index (κ1) is 20.0. The first-order chi connectivity index (χ1) is 14.6. The highest BCUT2D eigenvalue weighted by Crippen LogP contribution is 2.42. The third-order valence-corrected chi connectivity index (χ3v) is 6.27. The second kappa shape index (κ2) is 8.63. The van der Waals surface area contributed by atoms with Gasteiger partial charge in [0.15, 0.2) is 0 Å². The summed E-state index contributed by atoms with van der Waals surface area (Å²) < 4.78 is 5.21. The lowest BCUT2D eigenvalue weighted by Crippen LogP contribution is -2.27. The third-order valence-electron chi connectivity index (χ3n) is 5.06. The molecule has 3 aromatic carbocycles. The van der Waals surface area contributed by atoms with Crippen molar-refractivity contribution in [2.45, 2.75) is 12.3 Å². The van der Waals surface area contributed by atoms with Crippen LogP contribution in [0.25, 0.3) is 0 Å². The van der Waals surface area contributed by atoms with Crippen LogP contribution in [0.4, 0.5) is 11.4 Å². The molecule has 1 heterocycles. The Balaban J connectivity index is 1.52. The van der Waals surface area contributed by atoms with Crippen LogP contribution in [0.5, 0.6) is 5.75 Å². The van der Waals surface area contributed by atoms with Crippen molar-refractivity contribution in [3.05, 3.63) is 89.5 Å². The predicted octanol–water partition coefficient (Wildman–Crippen LogP) is 5.03. The maximum Gasteiger partial charge on any atom is 0.255 e. The van der Waals surface area contributed by atoms with Gasteiger partial charge in [0.05, 0.1) is 12.9 Å². The average molecular weight is 419 g/mol. The first-order valence-corrected chi connectivity index (χ1v) is 10.7. The molecule has 0 saturated carbocycles. The van der Waals surface area contributed by atoms with Gasteiger partial charge < -0.3 is 10.1 Å². The van der Waals surface area contributed by atoms with Crippen molar-refractivity contribution >= 4 is 35.0 Å². The van der Waals surface area contributed by atoms with Gasteiger partial charge in [0, 0.05) is 16.9 Å². The van der Waals surface area contributed by atoms with Gasteiger partial charge in [0.2, 0.25) is 5.91 Å². The number of aryl methyl sites for hydroxylation is 1. The minimum absolute atomic E-state index is 0.0760. The van der Waals surface area contributed by atoms with Gasteiger partial charge in [-0.1, -0.05) is 30.3 Å². The molecule has 3 aromatic rings. The largest absolute Gasteiger partial charge is 0.497 e. The van der Waals surface area contributed by atoms with Crippen molar-refractivity contribution in [2.24, 2.45) is 0 Å². The number of hydrogen-bond donors (Lipinski definition) is 1. The number of benzene rings is 3. The molecule has 1 atom stereocenters. The quantitative estimate of drug-likeness (QED) is 0.631. The van der Waals surface area contributed by atoms with E-state index in [-0.39, 0.29) is 17.2 Å². The normalized spacial score (nSPS) is 15.9. The number of carbonyl (C=O) groups excluding carboxylic acids is 2. The SMILES string of the molecule is COc1ccc(N2C(=O)CS[C@@H]2c2ccc(NC(=O)c3ccccc3C)cc2)cc1. The van der Waals surface area contributed by atoms with Gasteiger partial charge in [-0.25, -0.2) is 0 Å². The predicted molar refractivity (Wildman–Crippen MR) is 121 cm³/mol. The van der Waals surface area contributed by atoms with E-state index in [0.29, 0.717) is 11.3 Å². The molecule has 0 aliphatic carbocycles. The Morgan fingerprint density at radius 1 is 1.03 bits per heavy atom. The van der Waals surface area contributed by atoms with Crippen LogP contribution in [0, 0.1) is 6.92 Å². The molecule has 0 unspecified atom stereocenters. The molecule has 2 amide bonds. The lowest BCUT2D eigenvalue weighted by atomic mass is 10.1. The molecular weight excluding hydrogens is 396 g/mol. The number of nitrogens with one attached hydrogen (secondary N) is 1. The maximum absolute atomic E-state index is 12.5. The van der Waals surface area contributed by atoms with Crippen molar-refractivity contribution in [1.82, 2.24) is 0 Å². The molecule has 6 heteroatoms. The van der Waals surface area contributed by atoms with E-state index < -0.39 is 0 Å². The fraction of sp³-hybridized carbons (Fsp3) is 0.167. The number of methoxy groups -OCH3 is 1. The number of anilines is 2. The van der Waals surface area contributed by atoms with Crippen LogP contribution in [0.2, 0.25) is 0 Å². The lowest BCUT2D eigenvalue weighted by Gasteiger charge is -2.24. The number of nitrogens with zero attached hydrogens (tertiary/aromatic N) is 1. The van der Waals surface area contributed by atoms with Gasteiger partial charge >= 0.3 is 0 Å². The van der Waals surface area contributed by atoms with Crippen molar-refractivity contribution in [1.29, 1.82) is 0 Å². The maximum atomic E-state index is 12.5. The van der Waals surface area contributed by atoms with E-state index in [1.54, 1.807) is 18.9 Å². The Bertz CT molecular complexity index is 1060. The smallest absolute Gasteiger partial charge is 0.255 e. The number of ether oxygens (including phenoxy) is 1. The molecule has 152 valence electrons. The number of amides is 2. The Hall–Kier alpha value is -3.25. The summed E-state index contributed by atoms with van der Waals surface area (Å²) in [5.41, 5.74) is 4.16. The molecule has 1 fully saturated rings. The van der Waals surface area contributed by atoms with Gasteiger partial charge in [-0.05, 0) is 60.5 Å². The molecule has 4 rings (SSSR count). The van der Waals surface area contributed by atoms with Crippen molar-refractivity contribution in [3.8, 4) is 5.75 Å². The molecule has 0 spiro atoms. The minimum Gasteiger partial charge on any atom is -0.497 e. The van der Waals surface area contributed by atoms with Crippen molar-refractivity contribution in [3.63, 3.8) is 0 Å². The minimum atomic E-state index is -0.133. The standard InChI is InChI=1S/C24H22N2O3S/c1-16-5-3-4-6-21(16)23(28)25-18-9-7-17(8-10-18)24-26(22(27)15-30-24)19-11-13-20(29-2)14-12-19/h3-14,24H,15H2,1-2H3,(H,25,28)/t24-/m1/s1. The summed E-state index contributed by atoms with van der Waals surface area (Å²) in [7, 11) is 1.62. The highest BCUT2D eigenvalue weighted by atomic mass is 32.2. The van der Waals surface area contributed by atoms with Crippen molar-refractivity contribution < 1.29 is 14.3 Å². The summed E-state index contributed by atoms with van der Waals surface area (Å²) in [6.45, 7) is 1.92. The Morgan fingerprint density at radius 2 is 1.73 bits per heavy atom. The molecule has 0 radical (unpaired) electrons. The number of rotatable bonds is 5. The summed E-state index contributed by atoms with van der Waals surface area (Å²) in [6, 6.07) is 22.7. The van der Waals surface area contributed by atoms with Crippen LogP contribution in [0.15, 0.2) is 72.8 Å². The van der Waals surface area contributed by atoms with Gasteiger partial charge in [-0.15, -0.1) is 11.8 Å². The molecule has 0 aromatic heterocycles. The molecule has 1 aliphatic rings. The topological polar surface area (TPSA) is 58.6 Å². The zero-order valence-electron chi connectivity index (χ0n) is 16.8. The van der Waals surface area contributed by atoms with Crippen LogP contribution in [-0.4, -0.2) is 24.7 Å². The van der Waals surface area contributed by atoms with Crippen LogP contribution in [0.3, 0.4) is 0 Å². The molecule has 1 saturated heterocycles. The zero-order chi connectivity index (χ0) is 21.1. The second-order valence-corrected chi connectivity index (χ2v) is 8.08. The third kappa shape index (κ3) is 4.04. The number of thioether (sulfide) groups is 1. The molecule has 30 heavy (non-hydrogen) atoms. The van der Waals surface area contributed by atoms with Gasteiger partial charge in [-0.2, -0.15) is 0 Å². The average Bonchev–Trinajstić information content (AvgIpc) is 3.16. The second-order valence-electron chi connectivity index (χ2n) is 7.02. The summed E-state index contributed by atoms with van der Waals surface area (Å²) in [5.74, 6) is 1.13. The number of carbonyl (C=O) groups is 2. The van der Waals surface area contributed by atoms with E-state index >= 15 is 0 Å². The van der Waals surface area contributed by atoms with Crippen LogP contribution in [-0.2, 0) is 4.79 Å². The van der Waals surface area contributed by atoms with Gasteiger partial charge in [0.25, 0.3) is 5.91 Å². The molecule has 1 aliphatic heterocycles. The fourth-order valence-corrected chi connectivity index (χ4v) is 4.63. The van der Waals surface area contributed by atoms with E-state index in [4.69, 9.17) is 4.74 Å². The molecule has 0 bridgehead atoms. The van der Waals surface area contributed by atoms with E-state index in [1.807, 2.05) is 84.6 Å². The highest BCUT2D eigenvalue weighted by molar-refractivity contribution is 8.00. The van der Waals surface area contributed by atoms with Gasteiger partial charge in [0.1, 0.15) is 11.1 Å². The molecular formula is C24H22N2O3S.